The first kappa shape index (κ1) is 18.8. The Labute approximate surface area is 172 Å². The minimum absolute atomic E-state index is 0.436. The molecule has 1 saturated heterocycles. The molecule has 2 atom stereocenters. The van der Waals surface area contributed by atoms with Crippen molar-refractivity contribution in [1.29, 1.82) is 0 Å². The summed E-state index contributed by atoms with van der Waals surface area (Å²) in [5.74, 6) is 1.91. The van der Waals surface area contributed by atoms with Crippen LogP contribution < -0.4 is 5.73 Å². The van der Waals surface area contributed by atoms with Crippen LogP contribution in [-0.4, -0.2) is 32.5 Å². The number of likely N-dealkylation sites (tertiary alicyclic amines) is 1. The van der Waals surface area contributed by atoms with Crippen LogP contribution in [-0.2, 0) is 19.5 Å². The number of nitrogens with zero attached hydrogens (tertiary/aromatic N) is 4. The van der Waals surface area contributed by atoms with Gasteiger partial charge in [-0.3, -0.25) is 9.88 Å². The molecule has 3 heterocycles. The summed E-state index contributed by atoms with van der Waals surface area (Å²) in [6, 6.07) is 13.3. The minimum atomic E-state index is 0.436. The number of aromatic nitrogens is 3. The molecular weight excluding hydrogens is 358 g/mol. The molecule has 0 radical (unpaired) electrons. The van der Waals surface area contributed by atoms with Crippen LogP contribution in [0.2, 0.25) is 0 Å². The Hall–Kier alpha value is -2.24. The van der Waals surface area contributed by atoms with E-state index in [2.05, 4.69) is 45.9 Å². The zero-order valence-corrected chi connectivity index (χ0v) is 17.1. The van der Waals surface area contributed by atoms with Crippen molar-refractivity contribution in [1.82, 2.24) is 19.4 Å². The van der Waals surface area contributed by atoms with E-state index < -0.39 is 0 Å². The van der Waals surface area contributed by atoms with Crippen LogP contribution in [0, 0.1) is 5.92 Å². The van der Waals surface area contributed by atoms with E-state index in [1.165, 1.54) is 48.3 Å². The second kappa shape index (κ2) is 8.25. The van der Waals surface area contributed by atoms with Gasteiger partial charge in [-0.15, -0.1) is 0 Å². The molecule has 2 aromatic heterocycles. The third-order valence-corrected chi connectivity index (χ3v) is 6.76. The normalized spacial score (nSPS) is 21.8. The average Bonchev–Trinajstić information content (AvgIpc) is 3.11. The molecule has 5 rings (SSSR count). The number of hydrogen-bond acceptors (Lipinski definition) is 4. The number of pyridine rings is 1. The molecule has 1 fully saturated rings. The largest absolute Gasteiger partial charge is 0.330 e. The fraction of sp³-hybridized carbons (Fsp3) is 0.500. The summed E-state index contributed by atoms with van der Waals surface area (Å²) >= 11 is 0. The number of benzene rings is 1. The SMILES string of the molecule is NCCCCn1c(CN2CCC[C@@H]3CCc4cccnc4[C@H]32)nc2ccccc21. The Morgan fingerprint density at radius 1 is 1.07 bits per heavy atom. The summed E-state index contributed by atoms with van der Waals surface area (Å²) in [6.07, 6.45) is 9.18. The molecule has 1 aromatic carbocycles. The van der Waals surface area contributed by atoms with Crippen molar-refractivity contribution in [2.24, 2.45) is 11.7 Å². The monoisotopic (exact) mass is 389 g/mol. The first-order valence-electron chi connectivity index (χ1n) is 11.2. The van der Waals surface area contributed by atoms with Gasteiger partial charge in [-0.25, -0.2) is 4.98 Å². The van der Waals surface area contributed by atoms with Crippen LogP contribution in [0.5, 0.6) is 0 Å². The molecule has 3 aromatic rings. The Bertz CT molecular complexity index is 978. The van der Waals surface area contributed by atoms with E-state index >= 15 is 0 Å². The highest BCUT2D eigenvalue weighted by molar-refractivity contribution is 5.75. The Kier molecular flexibility index (Phi) is 5.34. The maximum atomic E-state index is 5.75. The van der Waals surface area contributed by atoms with Crippen LogP contribution in [0.15, 0.2) is 42.6 Å². The van der Waals surface area contributed by atoms with Gasteiger partial charge < -0.3 is 10.3 Å². The van der Waals surface area contributed by atoms with Crippen molar-refractivity contribution in [2.45, 2.75) is 57.7 Å². The molecule has 0 amide bonds. The summed E-state index contributed by atoms with van der Waals surface area (Å²) in [6.45, 7) is 3.77. The third kappa shape index (κ3) is 3.58. The molecular formula is C24H31N5. The van der Waals surface area contributed by atoms with Gasteiger partial charge in [-0.2, -0.15) is 0 Å². The molecule has 2 N–H and O–H groups in total. The zero-order valence-electron chi connectivity index (χ0n) is 17.1. The minimum Gasteiger partial charge on any atom is -0.330 e. The first-order chi connectivity index (χ1) is 14.3. The summed E-state index contributed by atoms with van der Waals surface area (Å²) in [7, 11) is 0. The lowest BCUT2D eigenvalue weighted by atomic mass is 9.77. The standard InChI is InChI=1S/C24H31N5/c25-13-3-4-16-29-21-10-2-1-9-20(21)27-22(29)17-28-15-6-8-19-12-11-18-7-5-14-26-23(18)24(19)28/h1-2,5,7,9-10,14,19,24H,3-4,6,8,11-13,15-17,25H2/t19-,24+/m1/s1. The van der Waals surface area contributed by atoms with Crippen molar-refractivity contribution < 1.29 is 0 Å². The van der Waals surface area contributed by atoms with Gasteiger partial charge >= 0.3 is 0 Å². The predicted molar refractivity (Wildman–Crippen MR) is 116 cm³/mol. The Morgan fingerprint density at radius 2 is 2.00 bits per heavy atom. The van der Waals surface area contributed by atoms with E-state index in [-0.39, 0.29) is 0 Å². The van der Waals surface area contributed by atoms with Crippen molar-refractivity contribution in [3.8, 4) is 0 Å². The third-order valence-electron chi connectivity index (χ3n) is 6.76. The Morgan fingerprint density at radius 3 is 2.93 bits per heavy atom. The van der Waals surface area contributed by atoms with Gasteiger partial charge in [0, 0.05) is 12.7 Å². The molecule has 1 aliphatic carbocycles. The molecule has 152 valence electrons. The first-order valence-corrected chi connectivity index (χ1v) is 11.2. The van der Waals surface area contributed by atoms with Gasteiger partial charge in [0.1, 0.15) is 5.82 Å². The van der Waals surface area contributed by atoms with E-state index in [4.69, 9.17) is 15.7 Å². The number of para-hydroxylation sites is 2. The van der Waals surface area contributed by atoms with Crippen molar-refractivity contribution in [3.05, 3.63) is 59.7 Å². The van der Waals surface area contributed by atoms with Gasteiger partial charge in [0.15, 0.2) is 0 Å². The van der Waals surface area contributed by atoms with Crippen molar-refractivity contribution >= 4 is 11.0 Å². The number of imidazole rings is 1. The smallest absolute Gasteiger partial charge is 0.124 e. The van der Waals surface area contributed by atoms with Crippen LogP contribution in [0.25, 0.3) is 11.0 Å². The van der Waals surface area contributed by atoms with Crippen LogP contribution in [0.3, 0.4) is 0 Å². The van der Waals surface area contributed by atoms with Gasteiger partial charge in [-0.05, 0) is 81.3 Å². The van der Waals surface area contributed by atoms with E-state index in [9.17, 15) is 0 Å². The molecule has 1 aliphatic heterocycles. The molecule has 0 bridgehead atoms. The number of fused-ring (bicyclic) bond motifs is 4. The van der Waals surface area contributed by atoms with E-state index in [1.54, 1.807) is 0 Å². The molecule has 5 heteroatoms. The van der Waals surface area contributed by atoms with Crippen LogP contribution >= 0.6 is 0 Å². The molecule has 0 unspecified atom stereocenters. The van der Waals surface area contributed by atoms with Crippen LogP contribution in [0.1, 0.15) is 55.2 Å². The molecule has 29 heavy (non-hydrogen) atoms. The quantitative estimate of drug-likeness (QED) is 0.646. The van der Waals surface area contributed by atoms with E-state index in [0.717, 1.165) is 50.5 Å². The molecule has 2 aliphatic rings. The maximum absolute atomic E-state index is 5.75. The summed E-state index contributed by atoms with van der Waals surface area (Å²) in [5, 5.41) is 0. The number of nitrogens with two attached hydrogens (primary N) is 1. The van der Waals surface area contributed by atoms with E-state index in [0.29, 0.717) is 6.04 Å². The zero-order chi connectivity index (χ0) is 19.6. The van der Waals surface area contributed by atoms with E-state index in [1.807, 2.05) is 6.20 Å². The summed E-state index contributed by atoms with van der Waals surface area (Å²) in [4.78, 5) is 12.5. The van der Waals surface area contributed by atoms with Crippen molar-refractivity contribution in [3.63, 3.8) is 0 Å². The highest BCUT2D eigenvalue weighted by Crippen LogP contribution is 2.43. The van der Waals surface area contributed by atoms with Crippen LogP contribution in [0.4, 0.5) is 0 Å². The second-order valence-electron chi connectivity index (χ2n) is 8.57. The average molecular weight is 390 g/mol. The number of hydrogen-bond donors (Lipinski definition) is 1. The molecule has 5 nitrogen and oxygen atoms in total. The summed E-state index contributed by atoms with van der Waals surface area (Å²) in [5.41, 5.74) is 10.9. The van der Waals surface area contributed by atoms with Crippen molar-refractivity contribution in [2.75, 3.05) is 13.1 Å². The maximum Gasteiger partial charge on any atom is 0.124 e. The lowest BCUT2D eigenvalue weighted by molar-refractivity contribution is 0.0664. The predicted octanol–water partition coefficient (Wildman–Crippen LogP) is 4.07. The number of aryl methyl sites for hydroxylation is 2. The van der Waals surface area contributed by atoms with Gasteiger partial charge in [0.05, 0.1) is 29.3 Å². The number of piperidine rings is 1. The summed E-state index contributed by atoms with van der Waals surface area (Å²) < 4.78 is 2.43. The lowest BCUT2D eigenvalue weighted by Crippen LogP contribution is -2.41. The highest BCUT2D eigenvalue weighted by Gasteiger charge is 2.38. The number of rotatable bonds is 6. The lowest BCUT2D eigenvalue weighted by Gasteiger charge is -2.44. The highest BCUT2D eigenvalue weighted by atomic mass is 15.2. The molecule has 0 saturated carbocycles. The topological polar surface area (TPSA) is 60.0 Å². The fourth-order valence-corrected chi connectivity index (χ4v) is 5.39. The fourth-order valence-electron chi connectivity index (χ4n) is 5.39. The van der Waals surface area contributed by atoms with Gasteiger partial charge in [-0.1, -0.05) is 18.2 Å². The van der Waals surface area contributed by atoms with Gasteiger partial charge in [0.25, 0.3) is 0 Å². The Balaban J connectivity index is 1.48. The second-order valence-corrected chi connectivity index (χ2v) is 8.57. The number of unbranched alkanes of at least 4 members (excludes halogenated alkanes) is 1. The van der Waals surface area contributed by atoms with Gasteiger partial charge in [0.2, 0.25) is 0 Å². The molecule has 0 spiro atoms.